The highest BCUT2D eigenvalue weighted by Gasteiger charge is 2.26. The van der Waals surface area contributed by atoms with Crippen molar-refractivity contribution in [3.8, 4) is 16.2 Å². The normalized spacial score (nSPS) is 12.2. The van der Waals surface area contributed by atoms with Crippen molar-refractivity contribution in [2.24, 2.45) is 5.92 Å². The maximum absolute atomic E-state index is 14.7. The van der Waals surface area contributed by atoms with Crippen LogP contribution >= 0.6 is 23.7 Å². The molecule has 38 heavy (non-hydrogen) atoms. The van der Waals surface area contributed by atoms with Gasteiger partial charge in [0.25, 0.3) is 0 Å². The Morgan fingerprint density at radius 2 is 1.74 bits per heavy atom. The lowest BCUT2D eigenvalue weighted by Crippen LogP contribution is -2.24. The molecule has 0 bridgehead atoms. The monoisotopic (exact) mass is 558 g/mol. The third-order valence-corrected chi connectivity index (χ3v) is 8.21. The second kappa shape index (κ2) is 12.9. The van der Waals surface area contributed by atoms with Crippen molar-refractivity contribution in [2.75, 3.05) is 20.2 Å². The number of thiophene rings is 1. The summed E-state index contributed by atoms with van der Waals surface area (Å²) in [6.07, 6.45) is 0.783. The Bertz CT molecular complexity index is 1450. The first kappa shape index (κ1) is 29.8. The van der Waals surface area contributed by atoms with Gasteiger partial charge in [0.15, 0.2) is 5.43 Å². The number of nitrogens with zero attached hydrogens (tertiary/aromatic N) is 2. The molecule has 2 aromatic carbocycles. The van der Waals surface area contributed by atoms with Crippen molar-refractivity contribution in [1.82, 2.24) is 9.47 Å². The van der Waals surface area contributed by atoms with Crippen molar-refractivity contribution in [3.63, 3.8) is 0 Å². The Kier molecular flexibility index (Phi) is 10.1. The van der Waals surface area contributed by atoms with Crippen LogP contribution in [0.1, 0.15) is 50.5 Å². The molecule has 0 spiro atoms. The minimum absolute atomic E-state index is 0. The lowest BCUT2D eigenvalue weighted by Gasteiger charge is -2.20. The van der Waals surface area contributed by atoms with Gasteiger partial charge in [0.05, 0.1) is 25.1 Å². The Balaban J connectivity index is 0.00000400. The first-order valence-electron chi connectivity index (χ1n) is 12.8. The van der Waals surface area contributed by atoms with Gasteiger partial charge < -0.3 is 14.4 Å². The van der Waals surface area contributed by atoms with Crippen LogP contribution in [-0.2, 0) is 13.1 Å². The molecular formula is C30H36ClFN2O3S. The Labute approximate surface area is 233 Å². The summed E-state index contributed by atoms with van der Waals surface area (Å²) in [6.45, 7) is 10.5. The van der Waals surface area contributed by atoms with Crippen molar-refractivity contribution in [1.29, 1.82) is 0 Å². The number of aromatic nitrogens is 1. The van der Waals surface area contributed by atoms with Gasteiger partial charge in [0, 0.05) is 34.3 Å². The molecule has 0 fully saturated rings. The van der Waals surface area contributed by atoms with Gasteiger partial charge in [-0.25, -0.2) is 4.39 Å². The van der Waals surface area contributed by atoms with Crippen LogP contribution in [0.25, 0.3) is 20.7 Å². The minimum atomic E-state index is -0.931. The number of para-hydroxylation sites is 1. The molecule has 1 unspecified atom stereocenters. The fourth-order valence-electron chi connectivity index (χ4n) is 4.69. The Hall–Kier alpha value is -2.71. The molecule has 204 valence electrons. The van der Waals surface area contributed by atoms with Crippen molar-refractivity contribution in [2.45, 2.75) is 46.9 Å². The molecule has 0 aliphatic carbocycles. The van der Waals surface area contributed by atoms with Crippen LogP contribution in [0.5, 0.6) is 5.75 Å². The SMILES string of the molecule is CCN(CC)Cc1c(-c2ccccc2OC)sc2c1c(=O)c(C(O)C(C)C)cn2Cc1ccccc1F.Cl. The summed E-state index contributed by atoms with van der Waals surface area (Å²) in [5, 5.41) is 11.6. The summed E-state index contributed by atoms with van der Waals surface area (Å²) >= 11 is 1.52. The van der Waals surface area contributed by atoms with Crippen LogP contribution in [0.4, 0.5) is 4.39 Å². The summed E-state index contributed by atoms with van der Waals surface area (Å²) in [5.41, 5.74) is 2.52. The fraction of sp³-hybridized carbons (Fsp3) is 0.367. The van der Waals surface area contributed by atoms with E-state index in [0.717, 1.165) is 39.7 Å². The highest BCUT2D eigenvalue weighted by atomic mass is 35.5. The number of pyridine rings is 1. The molecular weight excluding hydrogens is 523 g/mol. The van der Waals surface area contributed by atoms with Gasteiger partial charge in [-0.2, -0.15) is 0 Å². The van der Waals surface area contributed by atoms with Gasteiger partial charge in [0.2, 0.25) is 0 Å². The number of aliphatic hydroxyl groups is 1. The van der Waals surface area contributed by atoms with Gasteiger partial charge >= 0.3 is 0 Å². The fourth-order valence-corrected chi connectivity index (χ4v) is 6.00. The number of hydrogen-bond donors (Lipinski definition) is 1. The maximum atomic E-state index is 14.7. The van der Waals surface area contributed by atoms with E-state index in [2.05, 4.69) is 18.7 Å². The lowest BCUT2D eigenvalue weighted by molar-refractivity contribution is 0.125. The van der Waals surface area contributed by atoms with E-state index >= 15 is 0 Å². The van der Waals surface area contributed by atoms with Gasteiger partial charge in [0.1, 0.15) is 16.4 Å². The molecule has 0 amide bonds. The minimum Gasteiger partial charge on any atom is -0.496 e. The number of halogens is 2. The van der Waals surface area contributed by atoms with Gasteiger partial charge in [-0.05, 0) is 42.8 Å². The standard InChI is InChI=1S/C30H35FN2O3S.ClH/c1-6-32(7-2)17-22-26-28(35)23(27(34)19(3)4)18-33(16-20-12-8-10-14-24(20)31)30(26)37-29(22)21-13-9-11-15-25(21)36-5;/h8-15,18-19,27,34H,6-7,16-17H2,1-5H3;1H. The molecule has 2 aromatic heterocycles. The van der Waals surface area contributed by atoms with E-state index in [0.29, 0.717) is 23.1 Å². The Morgan fingerprint density at radius 1 is 1.08 bits per heavy atom. The van der Waals surface area contributed by atoms with E-state index in [-0.39, 0.29) is 36.1 Å². The number of methoxy groups -OCH3 is 1. The zero-order chi connectivity index (χ0) is 26.7. The van der Waals surface area contributed by atoms with E-state index in [4.69, 9.17) is 4.74 Å². The van der Waals surface area contributed by atoms with E-state index in [1.807, 2.05) is 48.7 Å². The molecule has 0 saturated carbocycles. The largest absolute Gasteiger partial charge is 0.496 e. The molecule has 1 atom stereocenters. The van der Waals surface area contributed by atoms with E-state index in [1.54, 1.807) is 25.4 Å². The molecule has 0 saturated heterocycles. The topological polar surface area (TPSA) is 54.7 Å². The first-order chi connectivity index (χ1) is 17.8. The third-order valence-electron chi connectivity index (χ3n) is 6.91. The molecule has 4 aromatic rings. The van der Waals surface area contributed by atoms with Crippen molar-refractivity contribution < 1.29 is 14.2 Å². The second-order valence-electron chi connectivity index (χ2n) is 9.57. The molecule has 0 radical (unpaired) electrons. The van der Waals surface area contributed by atoms with Crippen LogP contribution in [0.2, 0.25) is 0 Å². The molecule has 0 aliphatic rings. The molecule has 2 heterocycles. The quantitative estimate of drug-likeness (QED) is 0.230. The average Bonchev–Trinajstić information content (AvgIpc) is 3.29. The number of rotatable bonds is 10. The molecule has 0 aliphatic heterocycles. The van der Waals surface area contributed by atoms with E-state index in [1.165, 1.54) is 17.4 Å². The zero-order valence-electron chi connectivity index (χ0n) is 22.5. The highest BCUT2D eigenvalue weighted by molar-refractivity contribution is 7.22. The Morgan fingerprint density at radius 3 is 2.37 bits per heavy atom. The molecule has 8 heteroatoms. The predicted octanol–water partition coefficient (Wildman–Crippen LogP) is 6.88. The van der Waals surface area contributed by atoms with Gasteiger partial charge in [-0.1, -0.05) is 58.0 Å². The van der Waals surface area contributed by atoms with Gasteiger partial charge in [-0.15, -0.1) is 23.7 Å². The summed E-state index contributed by atoms with van der Waals surface area (Å²) in [4.78, 5) is 18.0. The summed E-state index contributed by atoms with van der Waals surface area (Å²) in [5.74, 6) is 0.279. The maximum Gasteiger partial charge on any atom is 0.196 e. The lowest BCUT2D eigenvalue weighted by atomic mass is 9.97. The van der Waals surface area contributed by atoms with Crippen LogP contribution in [0, 0.1) is 11.7 Å². The number of fused-ring (bicyclic) bond motifs is 1. The zero-order valence-corrected chi connectivity index (χ0v) is 24.2. The molecule has 4 rings (SSSR count). The summed E-state index contributed by atoms with van der Waals surface area (Å²) < 4.78 is 22.3. The van der Waals surface area contributed by atoms with E-state index < -0.39 is 6.10 Å². The summed E-state index contributed by atoms with van der Waals surface area (Å²) in [6, 6.07) is 14.5. The smallest absolute Gasteiger partial charge is 0.196 e. The van der Waals surface area contributed by atoms with Crippen LogP contribution in [-0.4, -0.2) is 34.8 Å². The predicted molar refractivity (Wildman–Crippen MR) is 157 cm³/mol. The number of benzene rings is 2. The van der Waals surface area contributed by atoms with E-state index in [9.17, 15) is 14.3 Å². The number of ether oxygens (including phenoxy) is 1. The van der Waals surface area contributed by atoms with Crippen LogP contribution < -0.4 is 10.2 Å². The molecule has 5 nitrogen and oxygen atoms in total. The highest BCUT2D eigenvalue weighted by Crippen LogP contribution is 2.42. The number of hydrogen-bond acceptors (Lipinski definition) is 5. The number of aliphatic hydroxyl groups excluding tert-OH is 1. The van der Waals surface area contributed by atoms with Crippen LogP contribution in [0.15, 0.2) is 59.5 Å². The average molecular weight is 559 g/mol. The third kappa shape index (κ3) is 5.81. The van der Waals surface area contributed by atoms with Crippen LogP contribution in [0.3, 0.4) is 0 Å². The van der Waals surface area contributed by atoms with Gasteiger partial charge in [-0.3, -0.25) is 9.69 Å². The molecule has 1 N–H and O–H groups in total. The second-order valence-corrected chi connectivity index (χ2v) is 10.6. The summed E-state index contributed by atoms with van der Waals surface area (Å²) in [7, 11) is 1.64. The van der Waals surface area contributed by atoms with Crippen molar-refractivity contribution in [3.05, 3.63) is 87.5 Å². The first-order valence-corrected chi connectivity index (χ1v) is 13.6. The van der Waals surface area contributed by atoms with Crippen molar-refractivity contribution >= 4 is 34.0 Å².